The summed E-state index contributed by atoms with van der Waals surface area (Å²) in [4.78, 5) is 23.8. The van der Waals surface area contributed by atoms with Crippen LogP contribution in [0.15, 0.2) is 17.7 Å². The molecule has 0 saturated carbocycles. The second kappa shape index (κ2) is 7.22. The summed E-state index contributed by atoms with van der Waals surface area (Å²) in [5.41, 5.74) is 0.0500. The number of aromatic hydroxyl groups is 1. The van der Waals surface area contributed by atoms with Crippen LogP contribution in [0.5, 0.6) is 5.75 Å². The molecule has 0 aliphatic rings. The number of hydrogen-bond acceptors (Lipinski definition) is 5. The fraction of sp³-hybridized carbons (Fsp3) is 0.333. The summed E-state index contributed by atoms with van der Waals surface area (Å²) in [6.07, 6.45) is 1.29. The van der Waals surface area contributed by atoms with E-state index < -0.39 is 22.3 Å². The second-order valence-electron chi connectivity index (χ2n) is 4.61. The molecule has 1 amide bonds. The predicted molar refractivity (Wildman–Crippen MR) is 81.0 cm³/mol. The van der Waals surface area contributed by atoms with Gasteiger partial charge in [0.05, 0.1) is 4.92 Å². The van der Waals surface area contributed by atoms with Crippen molar-refractivity contribution in [2.45, 2.75) is 20.8 Å². The number of nitrogens with zero attached hydrogens (tertiary/aromatic N) is 3. The summed E-state index contributed by atoms with van der Waals surface area (Å²) in [5.74, 6) is -0.850. The fourth-order valence-electron chi connectivity index (χ4n) is 2.00. The van der Waals surface area contributed by atoms with Crippen LogP contribution < -0.4 is 0 Å². The van der Waals surface area contributed by atoms with Crippen LogP contribution in [-0.2, 0) is 4.79 Å². The van der Waals surface area contributed by atoms with Gasteiger partial charge in [-0.25, -0.2) is 0 Å². The molecule has 7 heteroatoms. The lowest BCUT2D eigenvalue weighted by atomic mass is 10.1. The molecule has 22 heavy (non-hydrogen) atoms. The van der Waals surface area contributed by atoms with Crippen molar-refractivity contribution in [1.82, 2.24) is 4.90 Å². The van der Waals surface area contributed by atoms with Gasteiger partial charge in [0, 0.05) is 19.2 Å². The van der Waals surface area contributed by atoms with E-state index in [0.29, 0.717) is 24.2 Å². The molecule has 1 aromatic rings. The molecule has 1 rings (SSSR count). The highest BCUT2D eigenvalue weighted by Gasteiger charge is 2.19. The van der Waals surface area contributed by atoms with Crippen molar-refractivity contribution < 1.29 is 14.8 Å². The third-order valence-electron chi connectivity index (χ3n) is 3.21. The van der Waals surface area contributed by atoms with E-state index >= 15 is 0 Å². The van der Waals surface area contributed by atoms with Gasteiger partial charge in [-0.2, -0.15) is 5.26 Å². The van der Waals surface area contributed by atoms with Gasteiger partial charge in [0.2, 0.25) is 0 Å². The molecule has 116 valence electrons. The number of aryl methyl sites for hydroxylation is 1. The van der Waals surface area contributed by atoms with Crippen LogP contribution in [0.1, 0.15) is 25.0 Å². The van der Waals surface area contributed by atoms with Crippen molar-refractivity contribution in [3.63, 3.8) is 0 Å². The lowest BCUT2D eigenvalue weighted by molar-refractivity contribution is -0.385. The predicted octanol–water partition coefficient (Wildman–Crippen LogP) is 2.38. The zero-order valence-corrected chi connectivity index (χ0v) is 12.7. The van der Waals surface area contributed by atoms with E-state index in [-0.39, 0.29) is 5.57 Å². The summed E-state index contributed by atoms with van der Waals surface area (Å²) in [6, 6.07) is 4.44. The lowest BCUT2D eigenvalue weighted by Crippen LogP contribution is -2.31. The minimum Gasteiger partial charge on any atom is -0.502 e. The highest BCUT2D eigenvalue weighted by molar-refractivity contribution is 6.01. The maximum atomic E-state index is 12.2. The van der Waals surface area contributed by atoms with Gasteiger partial charge in [0.25, 0.3) is 5.91 Å². The number of nitro benzene ring substituents is 1. The Labute approximate surface area is 128 Å². The van der Waals surface area contributed by atoms with Crippen molar-refractivity contribution in [3.8, 4) is 11.8 Å². The quantitative estimate of drug-likeness (QED) is 0.389. The van der Waals surface area contributed by atoms with Gasteiger partial charge in [0.1, 0.15) is 11.6 Å². The number of phenols is 1. The number of carbonyl (C=O) groups is 1. The molecule has 0 heterocycles. The molecule has 0 radical (unpaired) electrons. The smallest absolute Gasteiger partial charge is 0.311 e. The van der Waals surface area contributed by atoms with E-state index in [4.69, 9.17) is 5.26 Å². The average molecular weight is 303 g/mol. The second-order valence-corrected chi connectivity index (χ2v) is 4.61. The molecule has 0 unspecified atom stereocenters. The molecule has 0 aliphatic heterocycles. The maximum absolute atomic E-state index is 12.2. The Morgan fingerprint density at radius 2 is 2.05 bits per heavy atom. The van der Waals surface area contributed by atoms with Crippen LogP contribution >= 0.6 is 0 Å². The standard InChI is InChI=1S/C15H17N3O4/c1-4-17(5-2)15(20)12(9-16)7-11-6-10(3)14(19)13(8-11)18(21)22/h6-8,19H,4-5H2,1-3H3/b12-7+. The van der Waals surface area contributed by atoms with Crippen LogP contribution in [0.3, 0.4) is 0 Å². The number of amides is 1. The van der Waals surface area contributed by atoms with Crippen molar-refractivity contribution >= 4 is 17.7 Å². The zero-order valence-electron chi connectivity index (χ0n) is 12.7. The number of likely N-dealkylation sites (N-methyl/N-ethyl adjacent to an activating group) is 1. The largest absolute Gasteiger partial charge is 0.502 e. The summed E-state index contributed by atoms with van der Waals surface area (Å²) in [5, 5.41) is 29.7. The van der Waals surface area contributed by atoms with Crippen LogP contribution in [-0.4, -0.2) is 33.9 Å². The molecular formula is C15H17N3O4. The first-order valence-electron chi connectivity index (χ1n) is 6.74. The van der Waals surface area contributed by atoms with Crippen molar-refractivity contribution in [1.29, 1.82) is 5.26 Å². The van der Waals surface area contributed by atoms with Gasteiger partial charge in [-0.15, -0.1) is 0 Å². The number of rotatable bonds is 5. The minimum absolute atomic E-state index is 0.108. The third-order valence-corrected chi connectivity index (χ3v) is 3.21. The fourth-order valence-corrected chi connectivity index (χ4v) is 2.00. The van der Waals surface area contributed by atoms with E-state index in [1.54, 1.807) is 13.8 Å². The van der Waals surface area contributed by atoms with E-state index in [2.05, 4.69) is 0 Å². The first kappa shape index (κ1) is 17.2. The van der Waals surface area contributed by atoms with Crippen molar-refractivity contribution in [2.75, 3.05) is 13.1 Å². The summed E-state index contributed by atoms with van der Waals surface area (Å²) < 4.78 is 0. The summed E-state index contributed by atoms with van der Waals surface area (Å²) >= 11 is 0. The third kappa shape index (κ3) is 3.61. The molecule has 0 aromatic heterocycles. The van der Waals surface area contributed by atoms with Gasteiger partial charge >= 0.3 is 5.69 Å². The first-order valence-corrected chi connectivity index (χ1v) is 6.74. The minimum atomic E-state index is -0.710. The molecule has 0 aliphatic carbocycles. The molecule has 0 atom stereocenters. The number of carbonyl (C=O) groups excluding carboxylic acids is 1. The van der Waals surface area contributed by atoms with Gasteiger partial charge in [-0.3, -0.25) is 14.9 Å². The average Bonchev–Trinajstić information content (AvgIpc) is 2.48. The number of benzene rings is 1. The Morgan fingerprint density at radius 1 is 1.45 bits per heavy atom. The number of phenolic OH excluding ortho intramolecular Hbond substituents is 1. The van der Waals surface area contributed by atoms with Crippen LogP contribution in [0.2, 0.25) is 0 Å². The molecule has 1 N–H and O–H groups in total. The van der Waals surface area contributed by atoms with E-state index in [1.807, 2.05) is 6.07 Å². The van der Waals surface area contributed by atoms with Crippen LogP contribution in [0, 0.1) is 28.4 Å². The van der Waals surface area contributed by atoms with E-state index in [9.17, 15) is 20.0 Å². The molecule has 7 nitrogen and oxygen atoms in total. The van der Waals surface area contributed by atoms with Gasteiger partial charge in [0.15, 0.2) is 5.75 Å². The van der Waals surface area contributed by atoms with Gasteiger partial charge in [-0.1, -0.05) is 0 Å². The van der Waals surface area contributed by atoms with Crippen LogP contribution in [0.4, 0.5) is 5.69 Å². The topological polar surface area (TPSA) is 107 Å². The molecule has 0 spiro atoms. The number of nitriles is 1. The molecular weight excluding hydrogens is 286 g/mol. The maximum Gasteiger partial charge on any atom is 0.311 e. The Balaban J connectivity index is 3.33. The first-order chi connectivity index (χ1) is 10.3. The zero-order chi connectivity index (χ0) is 16.9. The number of hydrogen-bond donors (Lipinski definition) is 1. The highest BCUT2D eigenvalue weighted by atomic mass is 16.6. The number of nitro groups is 1. The van der Waals surface area contributed by atoms with E-state index in [0.717, 1.165) is 6.07 Å². The molecule has 0 bridgehead atoms. The van der Waals surface area contributed by atoms with Gasteiger partial charge in [-0.05, 0) is 44.0 Å². The Hall–Kier alpha value is -2.88. The molecule has 1 aromatic carbocycles. The molecule has 0 fully saturated rings. The highest BCUT2D eigenvalue weighted by Crippen LogP contribution is 2.31. The van der Waals surface area contributed by atoms with Crippen molar-refractivity contribution in [2.24, 2.45) is 0 Å². The van der Waals surface area contributed by atoms with E-state index in [1.165, 1.54) is 24.0 Å². The monoisotopic (exact) mass is 303 g/mol. The SMILES string of the molecule is CCN(CC)C(=O)/C(C#N)=C/c1cc(C)c(O)c([N+](=O)[O-])c1. The summed E-state index contributed by atoms with van der Waals surface area (Å²) in [6.45, 7) is 6.03. The van der Waals surface area contributed by atoms with Crippen LogP contribution in [0.25, 0.3) is 6.08 Å². The van der Waals surface area contributed by atoms with Gasteiger partial charge < -0.3 is 10.0 Å². The normalized spacial score (nSPS) is 10.9. The Morgan fingerprint density at radius 3 is 2.50 bits per heavy atom. The van der Waals surface area contributed by atoms with Crippen molar-refractivity contribution in [3.05, 3.63) is 38.9 Å². The summed E-state index contributed by atoms with van der Waals surface area (Å²) in [7, 11) is 0. The lowest BCUT2D eigenvalue weighted by Gasteiger charge is -2.17. The molecule has 0 saturated heterocycles. The Bertz CT molecular complexity index is 670. The Kier molecular flexibility index (Phi) is 5.64.